The molecule has 0 atom stereocenters. The minimum absolute atomic E-state index is 0.634. The molecule has 2 heterocycles. The van der Waals surface area contributed by atoms with E-state index in [4.69, 9.17) is 15.0 Å². The first-order valence-corrected chi connectivity index (χ1v) is 17.9. The highest BCUT2D eigenvalue weighted by Gasteiger charge is 2.17. The molecular weight excluding hydrogens is 645 g/mol. The summed E-state index contributed by atoms with van der Waals surface area (Å²) in [4.78, 5) is 15.2. The summed E-state index contributed by atoms with van der Waals surface area (Å²) in [5.74, 6) is 1.91. The Kier molecular flexibility index (Phi) is 7.43. The van der Waals surface area contributed by atoms with Crippen molar-refractivity contribution < 1.29 is 0 Å². The Labute approximate surface area is 307 Å². The summed E-state index contributed by atoms with van der Waals surface area (Å²) in [6.07, 6.45) is 0. The van der Waals surface area contributed by atoms with Gasteiger partial charge in [-0.25, -0.2) is 15.0 Å². The molecule has 0 aliphatic carbocycles. The molecule has 0 bridgehead atoms. The molecule has 10 aromatic rings. The van der Waals surface area contributed by atoms with Crippen molar-refractivity contribution in [1.29, 1.82) is 0 Å². The lowest BCUT2D eigenvalue weighted by molar-refractivity contribution is 1.07. The van der Waals surface area contributed by atoms with Crippen molar-refractivity contribution >= 4 is 32.6 Å². The van der Waals surface area contributed by atoms with Crippen LogP contribution >= 0.6 is 0 Å². The third-order valence-corrected chi connectivity index (χ3v) is 10.1. The second kappa shape index (κ2) is 12.9. The van der Waals surface area contributed by atoms with Crippen molar-refractivity contribution in [2.75, 3.05) is 0 Å². The number of hydrogen-bond acceptors (Lipinski definition) is 3. The first kappa shape index (κ1) is 30.6. The van der Waals surface area contributed by atoms with Gasteiger partial charge in [0, 0.05) is 33.2 Å². The molecule has 0 aliphatic rings. The fraction of sp³-hybridized carbons (Fsp3) is 0. The first-order valence-electron chi connectivity index (χ1n) is 17.9. The van der Waals surface area contributed by atoms with Crippen LogP contribution in [0.5, 0.6) is 0 Å². The van der Waals surface area contributed by atoms with Gasteiger partial charge in [0.05, 0.1) is 11.0 Å². The average Bonchev–Trinajstić information content (AvgIpc) is 3.58. The molecule has 4 heteroatoms. The van der Waals surface area contributed by atoms with Gasteiger partial charge < -0.3 is 4.57 Å². The lowest BCUT2D eigenvalue weighted by Gasteiger charge is -2.13. The van der Waals surface area contributed by atoms with E-state index in [1.54, 1.807) is 0 Å². The van der Waals surface area contributed by atoms with Gasteiger partial charge in [0.25, 0.3) is 0 Å². The molecule has 0 N–H and O–H groups in total. The largest absolute Gasteiger partial charge is 0.309 e. The zero-order valence-electron chi connectivity index (χ0n) is 28.8. The Morgan fingerprint density at radius 1 is 0.302 bits per heavy atom. The topological polar surface area (TPSA) is 43.6 Å². The highest BCUT2D eigenvalue weighted by molar-refractivity contribution is 6.09. The maximum absolute atomic E-state index is 5.13. The van der Waals surface area contributed by atoms with Crippen LogP contribution in [0, 0.1) is 0 Å². The predicted octanol–water partition coefficient (Wildman–Crippen LogP) is 12.5. The van der Waals surface area contributed by atoms with E-state index in [9.17, 15) is 0 Å². The van der Waals surface area contributed by atoms with E-state index in [1.807, 2.05) is 30.3 Å². The van der Waals surface area contributed by atoms with Gasteiger partial charge in [-0.3, -0.25) is 0 Å². The van der Waals surface area contributed by atoms with Crippen molar-refractivity contribution in [1.82, 2.24) is 19.5 Å². The van der Waals surface area contributed by atoms with Crippen LogP contribution in [0.15, 0.2) is 194 Å². The molecule has 0 saturated carbocycles. The number of rotatable bonds is 6. The van der Waals surface area contributed by atoms with Crippen LogP contribution in [0.3, 0.4) is 0 Å². The molecule has 10 rings (SSSR count). The van der Waals surface area contributed by atoms with Gasteiger partial charge in [0.2, 0.25) is 0 Å². The summed E-state index contributed by atoms with van der Waals surface area (Å²) in [5, 5.41) is 4.96. The Morgan fingerprint density at radius 3 is 1.49 bits per heavy atom. The zero-order chi connectivity index (χ0) is 35.1. The fourth-order valence-electron chi connectivity index (χ4n) is 7.44. The standard InChI is InChI=1S/C49H32N4/c1-2-13-36(14-3-1)47-50-48(37-25-22-34(23-26-37)39-27-24-33-12-4-5-15-38(33)32-39)52-49(51-47)44-19-7-6-16-41(44)35-28-30-40(31-29-35)53-45-20-10-8-17-42(45)43-18-9-11-21-46(43)53/h1-32H. The molecule has 0 fully saturated rings. The Bertz CT molecular complexity index is 2870. The van der Waals surface area contributed by atoms with Gasteiger partial charge in [-0.05, 0) is 63.4 Å². The summed E-state index contributed by atoms with van der Waals surface area (Å²) in [6, 6.07) is 68.1. The molecule has 2 aromatic heterocycles. The van der Waals surface area contributed by atoms with Crippen LogP contribution in [0.4, 0.5) is 0 Å². The Hall–Kier alpha value is -7.17. The molecule has 248 valence electrons. The van der Waals surface area contributed by atoms with Gasteiger partial charge in [-0.2, -0.15) is 0 Å². The summed E-state index contributed by atoms with van der Waals surface area (Å²) in [7, 11) is 0. The second-order valence-corrected chi connectivity index (χ2v) is 13.3. The molecule has 0 radical (unpaired) electrons. The number of fused-ring (bicyclic) bond motifs is 4. The van der Waals surface area contributed by atoms with Crippen molar-refractivity contribution in [2.45, 2.75) is 0 Å². The van der Waals surface area contributed by atoms with Crippen LogP contribution < -0.4 is 0 Å². The first-order chi connectivity index (χ1) is 26.3. The molecule has 0 unspecified atom stereocenters. The quantitative estimate of drug-likeness (QED) is 0.176. The number of para-hydroxylation sites is 2. The Morgan fingerprint density at radius 2 is 0.792 bits per heavy atom. The van der Waals surface area contributed by atoms with Crippen LogP contribution in [0.2, 0.25) is 0 Å². The normalized spacial score (nSPS) is 11.4. The lowest BCUT2D eigenvalue weighted by Crippen LogP contribution is -2.01. The van der Waals surface area contributed by atoms with Crippen molar-refractivity contribution in [3.63, 3.8) is 0 Å². The fourth-order valence-corrected chi connectivity index (χ4v) is 7.44. The molecule has 0 saturated heterocycles. The number of hydrogen-bond donors (Lipinski definition) is 0. The molecule has 4 nitrogen and oxygen atoms in total. The van der Waals surface area contributed by atoms with Crippen molar-refractivity contribution in [2.24, 2.45) is 0 Å². The zero-order valence-corrected chi connectivity index (χ0v) is 28.8. The van der Waals surface area contributed by atoms with E-state index < -0.39 is 0 Å². The lowest BCUT2D eigenvalue weighted by atomic mass is 9.98. The molecule has 53 heavy (non-hydrogen) atoms. The smallest absolute Gasteiger partial charge is 0.164 e. The van der Waals surface area contributed by atoms with E-state index in [1.165, 1.54) is 38.1 Å². The Balaban J connectivity index is 1.05. The summed E-state index contributed by atoms with van der Waals surface area (Å²) >= 11 is 0. The molecule has 0 aliphatic heterocycles. The summed E-state index contributed by atoms with van der Waals surface area (Å²) in [6.45, 7) is 0. The monoisotopic (exact) mass is 676 g/mol. The van der Waals surface area contributed by atoms with Gasteiger partial charge >= 0.3 is 0 Å². The van der Waals surface area contributed by atoms with E-state index in [0.717, 1.165) is 39.1 Å². The predicted molar refractivity (Wildman–Crippen MR) is 219 cm³/mol. The number of aromatic nitrogens is 4. The maximum Gasteiger partial charge on any atom is 0.164 e. The average molecular weight is 677 g/mol. The second-order valence-electron chi connectivity index (χ2n) is 13.3. The van der Waals surface area contributed by atoms with Crippen molar-refractivity contribution in [3.8, 4) is 62.1 Å². The highest BCUT2D eigenvalue weighted by Crippen LogP contribution is 2.36. The van der Waals surface area contributed by atoms with Crippen molar-refractivity contribution in [3.05, 3.63) is 194 Å². The number of nitrogens with zero attached hydrogens (tertiary/aromatic N) is 4. The van der Waals surface area contributed by atoms with E-state index >= 15 is 0 Å². The van der Waals surface area contributed by atoms with Gasteiger partial charge in [-0.15, -0.1) is 0 Å². The molecule has 0 spiro atoms. The van der Waals surface area contributed by atoms with E-state index in [0.29, 0.717) is 17.5 Å². The molecule has 8 aromatic carbocycles. The highest BCUT2D eigenvalue weighted by atomic mass is 15.0. The third kappa shape index (κ3) is 5.54. The van der Waals surface area contributed by atoms with Gasteiger partial charge in [0.15, 0.2) is 17.5 Å². The van der Waals surface area contributed by atoms with Crippen LogP contribution in [0.1, 0.15) is 0 Å². The number of benzene rings is 8. The van der Waals surface area contributed by atoms with E-state index in [-0.39, 0.29) is 0 Å². The minimum Gasteiger partial charge on any atom is -0.309 e. The van der Waals surface area contributed by atoms with Gasteiger partial charge in [-0.1, -0.05) is 164 Å². The van der Waals surface area contributed by atoms with E-state index in [2.05, 4.69) is 168 Å². The molecule has 0 amide bonds. The third-order valence-electron chi connectivity index (χ3n) is 10.1. The van der Waals surface area contributed by atoms with Gasteiger partial charge in [0.1, 0.15) is 0 Å². The molecular formula is C49H32N4. The maximum atomic E-state index is 5.13. The van der Waals surface area contributed by atoms with Crippen LogP contribution in [-0.4, -0.2) is 19.5 Å². The van der Waals surface area contributed by atoms with Crippen LogP contribution in [0.25, 0.3) is 94.7 Å². The minimum atomic E-state index is 0.634. The summed E-state index contributed by atoms with van der Waals surface area (Å²) < 4.78 is 2.34. The summed E-state index contributed by atoms with van der Waals surface area (Å²) in [5.41, 5.74) is 10.8. The SMILES string of the molecule is c1ccc(-c2nc(-c3ccc(-c4ccc5ccccc5c4)cc3)nc(-c3ccccc3-c3ccc(-n4c5ccccc5c5ccccc54)cc3)n2)cc1. The van der Waals surface area contributed by atoms with Crippen LogP contribution in [-0.2, 0) is 0 Å².